The smallest absolute Gasteiger partial charge is 0.106 e. The first-order valence-corrected chi connectivity index (χ1v) is 8.20. The van der Waals surface area contributed by atoms with E-state index in [0.717, 1.165) is 32.4 Å². The Morgan fingerprint density at radius 3 is 2.65 bits per heavy atom. The van der Waals surface area contributed by atoms with Crippen LogP contribution >= 0.6 is 0 Å². The number of hydrogen-bond donors (Lipinski definition) is 1. The topological polar surface area (TPSA) is 42.3 Å². The minimum absolute atomic E-state index is 0.278. The van der Waals surface area contributed by atoms with Crippen molar-refractivity contribution in [2.45, 2.75) is 63.6 Å². The first kappa shape index (κ1) is 15.8. The molecule has 1 aliphatic heterocycles. The average Bonchev–Trinajstić information content (AvgIpc) is 3.25. The summed E-state index contributed by atoms with van der Waals surface area (Å²) >= 11 is 0. The van der Waals surface area contributed by atoms with Crippen molar-refractivity contribution in [1.82, 2.24) is 15.1 Å². The molecule has 1 heterocycles. The highest BCUT2D eigenvalue weighted by Crippen LogP contribution is 2.26. The van der Waals surface area contributed by atoms with Gasteiger partial charge in [0.2, 0.25) is 0 Å². The standard InChI is InChI=1S/C16H30N4/c1-4-16(13-17,18-15-6-7-15)8-5-9-20-11-10-19(3)14(2)12-20/h14-15,18H,4-12H2,1-3H3. The van der Waals surface area contributed by atoms with Crippen molar-refractivity contribution in [3.63, 3.8) is 0 Å². The lowest BCUT2D eigenvalue weighted by Crippen LogP contribution is -2.50. The predicted octanol–water partition coefficient (Wildman–Crippen LogP) is 1.83. The summed E-state index contributed by atoms with van der Waals surface area (Å²) in [4.78, 5) is 4.98. The van der Waals surface area contributed by atoms with E-state index < -0.39 is 0 Å². The van der Waals surface area contributed by atoms with E-state index in [1.54, 1.807) is 0 Å². The summed E-state index contributed by atoms with van der Waals surface area (Å²) < 4.78 is 0. The molecule has 1 N–H and O–H groups in total. The number of hydrogen-bond acceptors (Lipinski definition) is 4. The second-order valence-corrected chi connectivity index (χ2v) is 6.70. The van der Waals surface area contributed by atoms with Crippen LogP contribution in [0.25, 0.3) is 0 Å². The van der Waals surface area contributed by atoms with Gasteiger partial charge in [-0.2, -0.15) is 5.26 Å². The highest BCUT2D eigenvalue weighted by atomic mass is 15.3. The van der Waals surface area contributed by atoms with Crippen LogP contribution in [0.3, 0.4) is 0 Å². The number of likely N-dealkylation sites (N-methyl/N-ethyl adjacent to an activating group) is 1. The van der Waals surface area contributed by atoms with E-state index in [2.05, 4.69) is 42.1 Å². The van der Waals surface area contributed by atoms with Gasteiger partial charge in [-0.1, -0.05) is 6.92 Å². The van der Waals surface area contributed by atoms with Crippen LogP contribution in [0.15, 0.2) is 0 Å². The molecule has 2 aliphatic rings. The van der Waals surface area contributed by atoms with Gasteiger partial charge in [-0.15, -0.1) is 0 Å². The zero-order chi connectivity index (χ0) is 14.6. The van der Waals surface area contributed by atoms with E-state index in [1.807, 2.05) is 0 Å². The van der Waals surface area contributed by atoms with Gasteiger partial charge < -0.3 is 9.80 Å². The van der Waals surface area contributed by atoms with Crippen LogP contribution in [-0.2, 0) is 0 Å². The predicted molar refractivity (Wildman–Crippen MR) is 82.6 cm³/mol. The summed E-state index contributed by atoms with van der Waals surface area (Å²) in [7, 11) is 2.21. The number of nitrogens with zero attached hydrogens (tertiary/aromatic N) is 3. The van der Waals surface area contributed by atoms with Crippen molar-refractivity contribution >= 4 is 0 Å². The van der Waals surface area contributed by atoms with E-state index in [1.165, 1.54) is 25.9 Å². The molecule has 1 aliphatic carbocycles. The third-order valence-electron chi connectivity index (χ3n) is 5.00. The third-order valence-corrected chi connectivity index (χ3v) is 5.00. The molecule has 20 heavy (non-hydrogen) atoms. The molecule has 0 radical (unpaired) electrons. The third kappa shape index (κ3) is 4.18. The SMILES string of the molecule is CCC(C#N)(CCCN1CCN(C)C(C)C1)NC1CC1. The van der Waals surface area contributed by atoms with Crippen molar-refractivity contribution in [1.29, 1.82) is 5.26 Å². The number of piperazine rings is 1. The summed E-state index contributed by atoms with van der Waals surface area (Å²) in [5.74, 6) is 0. The molecule has 0 spiro atoms. The Labute approximate surface area is 124 Å². The van der Waals surface area contributed by atoms with Crippen LogP contribution in [-0.4, -0.2) is 60.6 Å². The monoisotopic (exact) mass is 278 g/mol. The van der Waals surface area contributed by atoms with Gasteiger partial charge in [0.15, 0.2) is 0 Å². The van der Waals surface area contributed by atoms with Gasteiger partial charge in [0.05, 0.1) is 6.07 Å². The summed E-state index contributed by atoms with van der Waals surface area (Å²) in [6.07, 6.45) is 5.52. The van der Waals surface area contributed by atoms with E-state index in [9.17, 15) is 5.26 Å². The Morgan fingerprint density at radius 1 is 1.35 bits per heavy atom. The summed E-state index contributed by atoms with van der Waals surface area (Å²) in [6.45, 7) is 9.07. The van der Waals surface area contributed by atoms with Gasteiger partial charge >= 0.3 is 0 Å². The molecule has 2 unspecified atom stereocenters. The molecule has 2 atom stereocenters. The fraction of sp³-hybridized carbons (Fsp3) is 0.938. The zero-order valence-corrected chi connectivity index (χ0v) is 13.4. The normalized spacial score (nSPS) is 28.0. The maximum absolute atomic E-state index is 9.53. The molecular formula is C16H30N4. The molecule has 0 aromatic carbocycles. The Bertz CT molecular complexity index is 347. The molecule has 4 nitrogen and oxygen atoms in total. The molecule has 1 saturated carbocycles. The van der Waals surface area contributed by atoms with Gasteiger partial charge in [0, 0.05) is 31.7 Å². The lowest BCUT2D eigenvalue weighted by molar-refractivity contribution is 0.102. The molecule has 0 amide bonds. The molecule has 0 aromatic rings. The Hall–Kier alpha value is -0.630. The molecule has 0 aromatic heterocycles. The van der Waals surface area contributed by atoms with Crippen LogP contribution in [0.5, 0.6) is 0 Å². The van der Waals surface area contributed by atoms with E-state index in [0.29, 0.717) is 12.1 Å². The lowest BCUT2D eigenvalue weighted by atomic mass is 9.91. The number of nitriles is 1. The van der Waals surface area contributed by atoms with Gasteiger partial charge in [-0.05, 0) is 52.6 Å². The Morgan fingerprint density at radius 2 is 2.10 bits per heavy atom. The van der Waals surface area contributed by atoms with Gasteiger partial charge in [0.25, 0.3) is 0 Å². The Balaban J connectivity index is 1.74. The Kier molecular flexibility index (Phi) is 5.42. The highest BCUT2D eigenvalue weighted by molar-refractivity contribution is 5.09. The van der Waals surface area contributed by atoms with E-state index in [4.69, 9.17) is 0 Å². The molecule has 4 heteroatoms. The van der Waals surface area contributed by atoms with E-state index >= 15 is 0 Å². The number of rotatable bonds is 7. The molecule has 2 rings (SSSR count). The van der Waals surface area contributed by atoms with Crippen LogP contribution in [0, 0.1) is 11.3 Å². The van der Waals surface area contributed by atoms with Crippen LogP contribution < -0.4 is 5.32 Å². The van der Waals surface area contributed by atoms with Crippen LogP contribution in [0.1, 0.15) is 46.0 Å². The van der Waals surface area contributed by atoms with Crippen molar-refractivity contribution < 1.29 is 0 Å². The van der Waals surface area contributed by atoms with Crippen molar-refractivity contribution in [3.8, 4) is 6.07 Å². The summed E-state index contributed by atoms with van der Waals surface area (Å²) in [5.41, 5.74) is -0.278. The fourth-order valence-electron chi connectivity index (χ4n) is 3.07. The summed E-state index contributed by atoms with van der Waals surface area (Å²) in [5, 5.41) is 13.1. The molecule has 114 valence electrons. The fourth-order valence-corrected chi connectivity index (χ4v) is 3.07. The zero-order valence-electron chi connectivity index (χ0n) is 13.4. The lowest BCUT2D eigenvalue weighted by Gasteiger charge is -2.38. The van der Waals surface area contributed by atoms with Crippen LogP contribution in [0.4, 0.5) is 0 Å². The quantitative estimate of drug-likeness (QED) is 0.771. The molecule has 0 bridgehead atoms. The van der Waals surface area contributed by atoms with E-state index in [-0.39, 0.29) is 5.54 Å². The van der Waals surface area contributed by atoms with Crippen LogP contribution in [0.2, 0.25) is 0 Å². The highest BCUT2D eigenvalue weighted by Gasteiger charge is 2.34. The minimum Gasteiger partial charge on any atom is -0.301 e. The first-order chi connectivity index (χ1) is 9.58. The van der Waals surface area contributed by atoms with Crippen molar-refractivity contribution in [2.75, 3.05) is 33.2 Å². The van der Waals surface area contributed by atoms with Gasteiger partial charge in [0.1, 0.15) is 5.54 Å². The average molecular weight is 278 g/mol. The minimum atomic E-state index is -0.278. The number of nitrogens with one attached hydrogen (secondary N) is 1. The first-order valence-electron chi connectivity index (χ1n) is 8.20. The summed E-state index contributed by atoms with van der Waals surface area (Å²) in [6, 6.07) is 3.81. The molecule has 1 saturated heterocycles. The van der Waals surface area contributed by atoms with Gasteiger partial charge in [-0.3, -0.25) is 5.32 Å². The molecular weight excluding hydrogens is 248 g/mol. The largest absolute Gasteiger partial charge is 0.301 e. The maximum Gasteiger partial charge on any atom is 0.106 e. The van der Waals surface area contributed by atoms with Crippen molar-refractivity contribution in [3.05, 3.63) is 0 Å². The maximum atomic E-state index is 9.53. The second-order valence-electron chi connectivity index (χ2n) is 6.70. The van der Waals surface area contributed by atoms with Crippen molar-refractivity contribution in [2.24, 2.45) is 0 Å². The van der Waals surface area contributed by atoms with Gasteiger partial charge in [-0.25, -0.2) is 0 Å². The molecule has 2 fully saturated rings. The second kappa shape index (κ2) is 6.89.